The van der Waals surface area contributed by atoms with Crippen molar-refractivity contribution in [2.75, 3.05) is 0 Å². The number of hydrogen-bond donors (Lipinski definition) is 0. The second kappa shape index (κ2) is 50.5. The first-order valence-electron chi connectivity index (χ1n) is 41.3. The molecule has 0 saturated heterocycles. The van der Waals surface area contributed by atoms with E-state index in [-0.39, 0.29) is 84.3 Å². The van der Waals surface area contributed by atoms with Crippen LogP contribution in [0.25, 0.3) is 133 Å². The maximum atomic E-state index is 7.43. The van der Waals surface area contributed by atoms with Gasteiger partial charge in [-0.25, -0.2) is 44.5 Å². The van der Waals surface area contributed by atoms with Crippen molar-refractivity contribution >= 4 is 43.6 Å². The van der Waals surface area contributed by atoms with Crippen molar-refractivity contribution in [2.24, 2.45) is 0 Å². The van der Waals surface area contributed by atoms with Gasteiger partial charge in [0.2, 0.25) is 0 Å². The zero-order valence-corrected chi connectivity index (χ0v) is 78.3. The topological polar surface area (TPSA) is 51.6 Å². The Hall–Kier alpha value is -12.1. The quantitative estimate of drug-likeness (QED) is 0.135. The smallest absolute Gasteiger partial charge is 0.0595 e. The predicted octanol–water partition coefficient (Wildman–Crippen LogP) is 29.3. The van der Waals surface area contributed by atoms with Crippen molar-refractivity contribution in [3.63, 3.8) is 0 Å². The van der Waals surface area contributed by atoms with Crippen LogP contribution in [0.3, 0.4) is 0 Å². The van der Waals surface area contributed by atoms with Crippen LogP contribution in [-0.2, 0) is 84.3 Å². The Morgan fingerprint density at radius 2 is 0.484 bits per heavy atom. The molecule has 4 nitrogen and oxygen atoms in total. The molecule has 8 heteroatoms. The van der Waals surface area contributed by atoms with Crippen molar-refractivity contribution < 1.29 is 88.4 Å². The Balaban J connectivity index is 0.000000164. The molecule has 4 heterocycles. The molecule has 0 aliphatic heterocycles. The fourth-order valence-corrected chi connectivity index (χ4v) is 12.6. The molecule has 0 N–H and O–H groups in total. The Morgan fingerprint density at radius 1 is 0.210 bits per heavy atom. The van der Waals surface area contributed by atoms with Gasteiger partial charge in [-0.05, 0) is 112 Å². The summed E-state index contributed by atoms with van der Waals surface area (Å²) in [6, 6.07) is 170. The third-order valence-electron chi connectivity index (χ3n) is 19.1. The number of hydrogen-bond acceptors (Lipinski definition) is 4. The number of aromatic nitrogens is 4. The van der Waals surface area contributed by atoms with E-state index in [2.05, 4.69) is 226 Å². The van der Waals surface area contributed by atoms with Gasteiger partial charge in [0.15, 0.2) is 0 Å². The van der Waals surface area contributed by atoms with E-state index in [4.69, 9.17) is 9.10 Å². The number of nitrogens with zero attached hydrogens (tertiary/aromatic N) is 4. The first-order chi connectivity index (χ1) is 60.1. The minimum atomic E-state index is -2.08. The minimum absolute atomic E-state index is 0. The molecule has 16 aromatic carbocycles. The van der Waals surface area contributed by atoms with Crippen LogP contribution in [-0.4, -0.2) is 19.9 Å². The number of aryl methyl sites for hydroxylation is 5. The molecule has 0 fully saturated rings. The third-order valence-corrected chi connectivity index (χ3v) is 19.1. The van der Waals surface area contributed by atoms with Gasteiger partial charge in [-0.1, -0.05) is 131 Å². The summed E-state index contributed by atoms with van der Waals surface area (Å²) in [6.45, 7) is 10.7. The van der Waals surface area contributed by atoms with Crippen LogP contribution in [0.5, 0.6) is 0 Å². The first-order valence-corrected chi connectivity index (χ1v) is 39.8. The molecule has 20 rings (SSSR count). The standard InChI is InChI=1S/C18H16N.2C16H12N.C15H10N.C14H12.C13H10.2C12H8.4Pt/c1-13(2)15-8-10-18-16(12-15)9-11-17(19-18)14-6-4-3-5-7-14;2*1-12-7-9-16-14(11-12)8-10-15(17-16)13-5-3-2-4-6-13;1-2-6-12(7-3-1)15-11-10-13-8-4-5-9-14(13)16-15;1-11-3-7-13(8-4-11)14-9-5-12(2)6-10-14;1-11-6-5-9-13(10-11)12-7-3-2-4-8-12;2*1-3-7-11(8-4-1)12-9-5-2-6-10-12;;;;/h3-6,8-13H,1-2H3;2*2-5,7-11H,1H3;1-6,8-11H;3-7,9H,1-2H3;2-7,10H,1H3;2*1-7,9H;;;;/q4*-1;4*-2;;;;/i;1D3;;;;;;;;;;. The molecule has 0 bridgehead atoms. The number of pyridine rings is 4. The second-order valence-electron chi connectivity index (χ2n) is 28.5. The van der Waals surface area contributed by atoms with Gasteiger partial charge < -0.3 is 0 Å². The Labute approximate surface area is 795 Å². The molecular weight excluding hydrogens is 2230 g/mol. The van der Waals surface area contributed by atoms with E-state index in [0.717, 1.165) is 117 Å². The van der Waals surface area contributed by atoms with Gasteiger partial charge in [-0.3, -0.25) is 19.9 Å². The number of rotatable bonds is 9. The van der Waals surface area contributed by atoms with Crippen LogP contribution in [0.1, 0.15) is 57.3 Å². The maximum Gasteiger partial charge on any atom is 0.0595 e. The van der Waals surface area contributed by atoms with Gasteiger partial charge in [0.1, 0.15) is 0 Å². The molecule has 0 atom stereocenters. The molecule has 20 aromatic rings. The summed E-state index contributed by atoms with van der Waals surface area (Å²) in [4.78, 5) is 18.5. The average molecular weight is 2320 g/mol. The van der Waals surface area contributed by atoms with Gasteiger partial charge in [0.05, 0.1) is 22.1 Å². The van der Waals surface area contributed by atoms with Crippen molar-refractivity contribution in [1.82, 2.24) is 19.9 Å². The molecule has 0 amide bonds. The summed E-state index contributed by atoms with van der Waals surface area (Å²) in [5, 5.41) is 4.39. The van der Waals surface area contributed by atoms with E-state index in [1.807, 2.05) is 285 Å². The molecule has 624 valence electrons. The van der Waals surface area contributed by atoms with Gasteiger partial charge in [-0.2, -0.15) is 188 Å². The monoisotopic (exact) mass is 2320 g/mol. The van der Waals surface area contributed by atoms with E-state index in [1.54, 1.807) is 18.2 Å². The van der Waals surface area contributed by atoms with E-state index in [1.165, 1.54) is 44.0 Å². The van der Waals surface area contributed by atoms with E-state index in [0.29, 0.717) is 11.5 Å². The molecule has 0 saturated carbocycles. The Bertz CT molecular complexity index is 6440. The van der Waals surface area contributed by atoms with Gasteiger partial charge >= 0.3 is 0 Å². The van der Waals surface area contributed by atoms with Crippen LogP contribution < -0.4 is 0 Å². The van der Waals surface area contributed by atoms with Gasteiger partial charge in [0.25, 0.3) is 0 Å². The Morgan fingerprint density at radius 3 is 0.815 bits per heavy atom. The van der Waals surface area contributed by atoms with Crippen molar-refractivity contribution in [1.29, 1.82) is 0 Å². The number of benzene rings is 16. The molecule has 4 aromatic heterocycles. The van der Waals surface area contributed by atoms with E-state index >= 15 is 0 Å². The fourth-order valence-electron chi connectivity index (χ4n) is 12.6. The molecular formula is C116H88N4Pt4-12. The maximum absolute atomic E-state index is 7.43. The second-order valence-corrected chi connectivity index (χ2v) is 28.5. The van der Waals surface area contributed by atoms with Crippen LogP contribution in [0.4, 0.5) is 0 Å². The minimum Gasteiger partial charge on any atom is -0.296 e. The summed E-state index contributed by atoms with van der Waals surface area (Å²) in [5.41, 5.74) is 27.2. The third kappa shape index (κ3) is 29.0. The molecule has 0 radical (unpaired) electrons. The first kappa shape index (κ1) is 91.1. The molecule has 0 spiro atoms. The largest absolute Gasteiger partial charge is 0.296 e. The summed E-state index contributed by atoms with van der Waals surface area (Å²) < 4.78 is 22.3. The summed E-state index contributed by atoms with van der Waals surface area (Å²) in [5.74, 6) is 0.548. The van der Waals surface area contributed by atoms with Gasteiger partial charge in [0, 0.05) is 88.4 Å². The van der Waals surface area contributed by atoms with Crippen LogP contribution in [0.2, 0.25) is 0 Å². The number of fused-ring (bicyclic) bond motifs is 4. The molecule has 0 aliphatic carbocycles. The SMILES string of the molecule is CC(C)c1ccc2nc(-c3[c-]cccc3)ccc2c1.Cc1c[c-]c(-c2[c-]cc(C)cc2)cc1.Cc1cc[c-]c(-c2[c-]cccc2)c1.Cc1ccc2nc(-c3[c-]cccc3)ccc2c1.[2H]C([2H])([2H])c1ccc2nc(-c3[c-]cccc3)ccc2c1.[Pt].[Pt].[Pt].[Pt].[c-]1ccccc1-c1[c-]cccc1.[c-]1ccccc1-c1[c-]cccc1.[c-]1ccccc1-c1ccc2ccccc2n1. The predicted molar refractivity (Wildman–Crippen MR) is 500 cm³/mol. The van der Waals surface area contributed by atoms with Crippen LogP contribution in [0, 0.1) is 107 Å². The Kier molecular flexibility index (Phi) is 37.1. The summed E-state index contributed by atoms with van der Waals surface area (Å²) >= 11 is 0. The normalized spacial score (nSPS) is 10.5. The fraction of sp³-hybridized carbons (Fsp3) is 0.0690. The molecule has 124 heavy (non-hydrogen) atoms. The zero-order chi connectivity index (χ0) is 85.4. The molecule has 0 unspecified atom stereocenters. The van der Waals surface area contributed by atoms with Gasteiger partial charge in [-0.15, -0.1) is 197 Å². The van der Waals surface area contributed by atoms with E-state index < -0.39 is 6.85 Å². The van der Waals surface area contributed by atoms with Crippen molar-refractivity contribution in [2.45, 2.75) is 54.3 Å². The summed E-state index contributed by atoms with van der Waals surface area (Å²) in [6.07, 6.45) is 0. The number of para-hydroxylation sites is 1. The molecule has 0 aliphatic rings. The zero-order valence-electron chi connectivity index (χ0n) is 72.2. The summed E-state index contributed by atoms with van der Waals surface area (Å²) in [7, 11) is 0. The van der Waals surface area contributed by atoms with Crippen LogP contribution in [0.15, 0.2) is 400 Å². The van der Waals surface area contributed by atoms with E-state index in [9.17, 15) is 0 Å². The van der Waals surface area contributed by atoms with Crippen molar-refractivity contribution in [3.05, 3.63) is 507 Å². The van der Waals surface area contributed by atoms with Crippen molar-refractivity contribution in [3.8, 4) is 89.5 Å². The average Bonchev–Trinajstić information content (AvgIpc) is 0.834. The van der Waals surface area contributed by atoms with Crippen LogP contribution >= 0.6 is 0 Å².